The van der Waals surface area contributed by atoms with E-state index in [4.69, 9.17) is 5.11 Å². The zero-order valence-electron chi connectivity index (χ0n) is 11.0. The van der Waals surface area contributed by atoms with Crippen LogP contribution in [0.2, 0.25) is 0 Å². The molecule has 0 aliphatic heterocycles. The van der Waals surface area contributed by atoms with Gasteiger partial charge in [0.15, 0.2) is 0 Å². The summed E-state index contributed by atoms with van der Waals surface area (Å²) < 4.78 is 26.7. The van der Waals surface area contributed by atoms with Crippen LogP contribution < -0.4 is 0 Å². The molecule has 0 aliphatic carbocycles. The number of carbonyl (C=O) groups is 1. The third-order valence-electron chi connectivity index (χ3n) is 2.60. The number of nitrogens with zero attached hydrogens (tertiary/aromatic N) is 1. The highest BCUT2D eigenvalue weighted by molar-refractivity contribution is 9.10. The molecule has 0 amide bonds. The van der Waals surface area contributed by atoms with E-state index in [1.54, 1.807) is 0 Å². The molecule has 1 aromatic carbocycles. The zero-order valence-corrected chi connectivity index (χ0v) is 13.4. The van der Waals surface area contributed by atoms with Gasteiger partial charge in [0.05, 0.1) is 10.5 Å². The highest BCUT2D eigenvalue weighted by atomic mass is 79.9. The lowest BCUT2D eigenvalue weighted by Crippen LogP contribution is -2.32. The largest absolute Gasteiger partial charge is 0.478 e. The molecule has 20 heavy (non-hydrogen) atoms. The van der Waals surface area contributed by atoms with E-state index >= 15 is 0 Å². The molecular weight excluding hydrogens is 346 g/mol. The minimum absolute atomic E-state index is 0.0484. The molecule has 1 rings (SSSR count). The molecule has 110 valence electrons. The summed E-state index contributed by atoms with van der Waals surface area (Å²) in [7, 11) is -3.76. The van der Waals surface area contributed by atoms with Crippen molar-refractivity contribution in [2.24, 2.45) is 0 Å². The van der Waals surface area contributed by atoms with Crippen LogP contribution in [-0.2, 0) is 10.0 Å². The SMILES string of the molecule is C=CCN(CCC)S(=O)(=O)c1cc(C(=O)O)ccc1Br. The number of halogens is 1. The van der Waals surface area contributed by atoms with Gasteiger partial charge in [0.2, 0.25) is 10.0 Å². The highest BCUT2D eigenvalue weighted by Gasteiger charge is 2.26. The summed E-state index contributed by atoms with van der Waals surface area (Å²) in [5.41, 5.74) is -0.0678. The monoisotopic (exact) mass is 361 g/mol. The molecule has 0 aromatic heterocycles. The average molecular weight is 362 g/mol. The van der Waals surface area contributed by atoms with Gasteiger partial charge >= 0.3 is 5.97 Å². The molecule has 0 saturated carbocycles. The molecule has 1 N–H and O–H groups in total. The van der Waals surface area contributed by atoms with Crippen molar-refractivity contribution in [1.82, 2.24) is 4.31 Å². The van der Waals surface area contributed by atoms with Crippen LogP contribution in [0, 0.1) is 0 Å². The fraction of sp³-hybridized carbons (Fsp3) is 0.308. The Morgan fingerprint density at radius 1 is 1.50 bits per heavy atom. The number of hydrogen-bond donors (Lipinski definition) is 1. The molecule has 7 heteroatoms. The van der Waals surface area contributed by atoms with E-state index in [0.29, 0.717) is 17.4 Å². The summed E-state index contributed by atoms with van der Waals surface area (Å²) in [6.07, 6.45) is 2.16. The van der Waals surface area contributed by atoms with Crippen molar-refractivity contribution in [3.8, 4) is 0 Å². The maximum atomic E-state index is 12.6. The molecule has 5 nitrogen and oxygen atoms in total. The lowest BCUT2D eigenvalue weighted by atomic mass is 10.2. The topological polar surface area (TPSA) is 74.7 Å². The van der Waals surface area contributed by atoms with E-state index < -0.39 is 16.0 Å². The van der Waals surface area contributed by atoms with Gasteiger partial charge in [-0.1, -0.05) is 13.0 Å². The first kappa shape index (κ1) is 16.9. The molecule has 1 aromatic rings. The minimum atomic E-state index is -3.76. The van der Waals surface area contributed by atoms with Gasteiger partial charge in [-0.2, -0.15) is 4.31 Å². The standard InChI is InChI=1S/C13H16BrNO4S/c1-3-7-15(8-4-2)20(18,19)12-9-10(13(16)17)5-6-11(12)14/h3,5-6,9H,1,4,7-8H2,2H3,(H,16,17). The molecule has 0 fully saturated rings. The fourth-order valence-corrected chi connectivity index (χ4v) is 4.13. The van der Waals surface area contributed by atoms with Crippen molar-refractivity contribution in [2.45, 2.75) is 18.2 Å². The second kappa shape index (κ2) is 7.01. The zero-order chi connectivity index (χ0) is 15.3. The van der Waals surface area contributed by atoms with Gasteiger partial charge in [-0.15, -0.1) is 6.58 Å². The summed E-state index contributed by atoms with van der Waals surface area (Å²) >= 11 is 3.16. The number of sulfonamides is 1. The molecule has 0 saturated heterocycles. The van der Waals surface area contributed by atoms with Gasteiger partial charge in [0.1, 0.15) is 0 Å². The Labute approximate surface area is 127 Å². The summed E-state index contributed by atoms with van der Waals surface area (Å²) in [6.45, 7) is 5.94. The van der Waals surface area contributed by atoms with Crippen LogP contribution >= 0.6 is 15.9 Å². The van der Waals surface area contributed by atoms with Crippen LogP contribution in [0.3, 0.4) is 0 Å². The fourth-order valence-electron chi connectivity index (χ4n) is 1.68. The second-order valence-corrected chi connectivity index (χ2v) is 6.86. The Morgan fingerprint density at radius 2 is 2.15 bits per heavy atom. The number of hydrogen-bond acceptors (Lipinski definition) is 3. The summed E-state index contributed by atoms with van der Waals surface area (Å²) in [5, 5.41) is 8.97. The van der Waals surface area contributed by atoms with Crippen molar-refractivity contribution < 1.29 is 18.3 Å². The number of rotatable bonds is 7. The van der Waals surface area contributed by atoms with Gasteiger partial charge in [-0.05, 0) is 40.5 Å². The lowest BCUT2D eigenvalue weighted by Gasteiger charge is -2.21. The van der Waals surface area contributed by atoms with Gasteiger partial charge < -0.3 is 5.11 Å². The quantitative estimate of drug-likeness (QED) is 0.757. The molecule has 0 radical (unpaired) electrons. The summed E-state index contributed by atoms with van der Waals surface area (Å²) in [5.74, 6) is -1.17. The van der Waals surface area contributed by atoms with E-state index in [1.165, 1.54) is 22.5 Å². The van der Waals surface area contributed by atoms with Crippen LogP contribution in [0.4, 0.5) is 0 Å². The van der Waals surface area contributed by atoms with Gasteiger partial charge in [0, 0.05) is 17.6 Å². The summed E-state index contributed by atoms with van der Waals surface area (Å²) in [4.78, 5) is 10.9. The Bertz CT molecular complexity index is 613. The Hall–Kier alpha value is -1.18. The number of carboxylic acid groups (broad SMARTS) is 1. The van der Waals surface area contributed by atoms with Crippen molar-refractivity contribution in [2.75, 3.05) is 13.1 Å². The number of aromatic carboxylic acids is 1. The van der Waals surface area contributed by atoms with Gasteiger partial charge in [-0.25, -0.2) is 13.2 Å². The third-order valence-corrected chi connectivity index (χ3v) is 5.46. The second-order valence-electron chi connectivity index (χ2n) is 4.10. The smallest absolute Gasteiger partial charge is 0.335 e. The predicted molar refractivity (Wildman–Crippen MR) is 80.3 cm³/mol. The lowest BCUT2D eigenvalue weighted by molar-refractivity contribution is 0.0696. The predicted octanol–water partition coefficient (Wildman–Crippen LogP) is 2.73. The molecule has 0 unspecified atom stereocenters. The average Bonchev–Trinajstić information content (AvgIpc) is 2.38. The van der Waals surface area contributed by atoms with Crippen LogP contribution in [0.1, 0.15) is 23.7 Å². The molecule has 0 atom stereocenters. The van der Waals surface area contributed by atoms with E-state index in [2.05, 4.69) is 22.5 Å². The molecule has 0 heterocycles. The van der Waals surface area contributed by atoms with Crippen LogP contribution in [0.25, 0.3) is 0 Å². The van der Waals surface area contributed by atoms with Gasteiger partial charge in [0.25, 0.3) is 0 Å². The first-order chi connectivity index (χ1) is 9.34. The van der Waals surface area contributed by atoms with Crippen molar-refractivity contribution >= 4 is 31.9 Å². The Morgan fingerprint density at radius 3 is 2.65 bits per heavy atom. The minimum Gasteiger partial charge on any atom is -0.478 e. The van der Waals surface area contributed by atoms with Crippen LogP contribution in [-0.4, -0.2) is 36.9 Å². The van der Waals surface area contributed by atoms with Crippen LogP contribution in [0.15, 0.2) is 40.2 Å². The third kappa shape index (κ3) is 3.68. The highest BCUT2D eigenvalue weighted by Crippen LogP contribution is 2.26. The van der Waals surface area contributed by atoms with E-state index in [0.717, 1.165) is 6.07 Å². The first-order valence-electron chi connectivity index (χ1n) is 5.98. The van der Waals surface area contributed by atoms with Crippen molar-refractivity contribution in [3.05, 3.63) is 40.9 Å². The molecule has 0 aliphatic rings. The summed E-state index contributed by atoms with van der Waals surface area (Å²) in [6, 6.07) is 3.94. The number of benzene rings is 1. The Kier molecular flexibility index (Phi) is 5.91. The van der Waals surface area contributed by atoms with Gasteiger partial charge in [-0.3, -0.25) is 0 Å². The maximum Gasteiger partial charge on any atom is 0.335 e. The Balaban J connectivity index is 3.35. The maximum absolute atomic E-state index is 12.6. The van der Waals surface area contributed by atoms with Crippen LogP contribution in [0.5, 0.6) is 0 Å². The molecule has 0 bridgehead atoms. The number of carboxylic acids is 1. The van der Waals surface area contributed by atoms with Crippen molar-refractivity contribution in [1.29, 1.82) is 0 Å². The first-order valence-corrected chi connectivity index (χ1v) is 8.21. The van der Waals surface area contributed by atoms with E-state index in [-0.39, 0.29) is 17.0 Å². The normalized spacial score (nSPS) is 11.6. The van der Waals surface area contributed by atoms with Crippen molar-refractivity contribution in [3.63, 3.8) is 0 Å². The molecule has 0 spiro atoms. The van der Waals surface area contributed by atoms with E-state index in [1.807, 2.05) is 6.92 Å². The van der Waals surface area contributed by atoms with E-state index in [9.17, 15) is 13.2 Å². The molecular formula is C13H16BrNO4S.